The van der Waals surface area contributed by atoms with Crippen LogP contribution in [0.5, 0.6) is 0 Å². The smallest absolute Gasteiger partial charge is 0.217 e. The SMILES string of the molecule is N#CCC1(n2cc(-c3cccc4nc(C5(NC=O)CC5)nn34)cn2)CN(S(=O)(=O)C2CC2)C1. The normalized spacial score (nSPS) is 21.3. The van der Waals surface area contributed by atoms with Crippen molar-refractivity contribution >= 4 is 22.1 Å². The Hall–Kier alpha value is -3.30. The molecule has 12 heteroatoms. The number of nitrogens with zero attached hydrogens (tertiary/aromatic N) is 7. The van der Waals surface area contributed by atoms with Crippen LogP contribution in [-0.2, 0) is 25.9 Å². The van der Waals surface area contributed by atoms with Crippen LogP contribution in [0, 0.1) is 11.3 Å². The van der Waals surface area contributed by atoms with Crippen molar-refractivity contribution in [2.24, 2.45) is 0 Å². The fourth-order valence-corrected chi connectivity index (χ4v) is 6.56. The topological polar surface area (TPSA) is 138 Å². The number of rotatable bonds is 8. The van der Waals surface area contributed by atoms with Gasteiger partial charge >= 0.3 is 0 Å². The van der Waals surface area contributed by atoms with Crippen molar-refractivity contribution in [3.05, 3.63) is 36.4 Å². The van der Waals surface area contributed by atoms with Crippen LogP contribution in [0.2, 0.25) is 0 Å². The van der Waals surface area contributed by atoms with Crippen LogP contribution in [0.15, 0.2) is 30.6 Å². The highest BCUT2D eigenvalue weighted by molar-refractivity contribution is 7.90. The number of nitrogens with one attached hydrogen (secondary N) is 1. The van der Waals surface area contributed by atoms with Crippen molar-refractivity contribution in [3.63, 3.8) is 0 Å². The number of hydrogen-bond donors (Lipinski definition) is 1. The van der Waals surface area contributed by atoms with E-state index in [-0.39, 0.29) is 24.8 Å². The molecule has 11 nitrogen and oxygen atoms in total. The van der Waals surface area contributed by atoms with Gasteiger partial charge in [-0.15, -0.1) is 5.10 Å². The maximum Gasteiger partial charge on any atom is 0.217 e. The van der Waals surface area contributed by atoms with Gasteiger partial charge in [0.25, 0.3) is 0 Å². The van der Waals surface area contributed by atoms with E-state index in [9.17, 15) is 18.5 Å². The van der Waals surface area contributed by atoms with E-state index in [1.54, 1.807) is 15.4 Å². The minimum atomic E-state index is -3.28. The molecule has 1 aliphatic heterocycles. The minimum absolute atomic E-state index is 0.169. The predicted octanol–water partition coefficient (Wildman–Crippen LogP) is 0.745. The highest BCUT2D eigenvalue weighted by Gasteiger charge is 2.54. The summed E-state index contributed by atoms with van der Waals surface area (Å²) in [7, 11) is -3.28. The van der Waals surface area contributed by atoms with Gasteiger partial charge in [0.15, 0.2) is 11.5 Å². The first-order chi connectivity index (χ1) is 15.9. The van der Waals surface area contributed by atoms with Crippen molar-refractivity contribution in [2.75, 3.05) is 13.1 Å². The predicted molar refractivity (Wildman–Crippen MR) is 116 cm³/mol. The second kappa shape index (κ2) is 6.85. The number of amides is 1. The van der Waals surface area contributed by atoms with Crippen LogP contribution in [0.25, 0.3) is 16.9 Å². The molecule has 3 aliphatic rings. The minimum Gasteiger partial charge on any atom is -0.346 e. The maximum atomic E-state index is 12.6. The summed E-state index contributed by atoms with van der Waals surface area (Å²) in [5, 5.41) is 21.2. The zero-order valence-electron chi connectivity index (χ0n) is 17.8. The fourth-order valence-electron chi connectivity index (χ4n) is 4.56. The molecule has 0 unspecified atom stereocenters. The molecule has 2 saturated carbocycles. The standard InChI is InChI=1S/C21H22N8O3S/c22-9-8-20(12-27(13-20)33(31,32)16-4-5-16)28-11-15(10-24-28)17-2-1-3-18-25-19(26-29(17)18)21(6-7-21)23-14-30/h1-3,10-11,14,16H,4-8,12-13H2,(H,23,30). The molecule has 3 aromatic heterocycles. The van der Waals surface area contributed by atoms with Crippen LogP contribution in [0.1, 0.15) is 37.9 Å². The monoisotopic (exact) mass is 466 g/mol. The second-order valence-corrected chi connectivity index (χ2v) is 11.4. The van der Waals surface area contributed by atoms with Crippen molar-refractivity contribution in [1.82, 2.24) is 34.0 Å². The number of nitriles is 1. The summed E-state index contributed by atoms with van der Waals surface area (Å²) in [5.41, 5.74) is 1.04. The molecular weight excluding hydrogens is 444 g/mol. The lowest BCUT2D eigenvalue weighted by molar-refractivity contribution is -0.110. The molecule has 0 atom stereocenters. The third-order valence-corrected chi connectivity index (χ3v) is 9.18. The zero-order valence-corrected chi connectivity index (χ0v) is 18.6. The van der Waals surface area contributed by atoms with Gasteiger partial charge in [0.05, 0.1) is 29.6 Å². The molecule has 1 N–H and O–H groups in total. The quantitative estimate of drug-likeness (QED) is 0.483. The lowest BCUT2D eigenvalue weighted by Crippen LogP contribution is -2.64. The summed E-state index contributed by atoms with van der Waals surface area (Å²) >= 11 is 0. The van der Waals surface area contributed by atoms with Crippen molar-refractivity contribution in [1.29, 1.82) is 5.26 Å². The van der Waals surface area contributed by atoms with Gasteiger partial charge in [-0.2, -0.15) is 14.7 Å². The van der Waals surface area contributed by atoms with Gasteiger partial charge < -0.3 is 5.32 Å². The highest BCUT2D eigenvalue weighted by atomic mass is 32.2. The summed E-state index contributed by atoms with van der Waals surface area (Å²) in [6.07, 6.45) is 7.41. The molecule has 4 heterocycles. The van der Waals surface area contributed by atoms with Crippen molar-refractivity contribution < 1.29 is 13.2 Å². The summed E-state index contributed by atoms with van der Waals surface area (Å²) in [5.74, 6) is 0.579. The Morgan fingerprint density at radius 3 is 2.73 bits per heavy atom. The number of carbonyl (C=O) groups is 1. The van der Waals surface area contributed by atoms with Gasteiger partial charge in [0.2, 0.25) is 16.4 Å². The first-order valence-electron chi connectivity index (χ1n) is 10.9. The number of hydrogen-bond acceptors (Lipinski definition) is 7. The average Bonchev–Trinajstić information content (AvgIpc) is 3.68. The number of fused-ring (bicyclic) bond motifs is 1. The summed E-state index contributed by atoms with van der Waals surface area (Å²) < 4.78 is 30.1. The Balaban J connectivity index is 1.32. The Kier molecular flexibility index (Phi) is 4.22. The molecule has 0 spiro atoms. The molecule has 2 aliphatic carbocycles. The molecule has 0 radical (unpaired) electrons. The molecule has 3 fully saturated rings. The molecule has 1 saturated heterocycles. The van der Waals surface area contributed by atoms with E-state index in [1.165, 1.54) is 4.31 Å². The molecule has 1 amide bonds. The molecule has 33 heavy (non-hydrogen) atoms. The Labute approximate surface area is 190 Å². The van der Waals surface area contributed by atoms with Crippen molar-refractivity contribution in [2.45, 2.75) is 48.4 Å². The van der Waals surface area contributed by atoms with Crippen LogP contribution in [0.3, 0.4) is 0 Å². The molecule has 0 bridgehead atoms. The van der Waals surface area contributed by atoms with Gasteiger partial charge in [-0.05, 0) is 37.8 Å². The van der Waals surface area contributed by atoms with Gasteiger partial charge in [0.1, 0.15) is 11.1 Å². The first-order valence-corrected chi connectivity index (χ1v) is 12.4. The number of carbonyl (C=O) groups excluding carboxylic acids is 1. The van der Waals surface area contributed by atoms with E-state index in [0.29, 0.717) is 30.7 Å². The van der Waals surface area contributed by atoms with E-state index in [4.69, 9.17) is 0 Å². The lowest BCUT2D eigenvalue weighted by atomic mass is 9.89. The van der Waals surface area contributed by atoms with E-state index < -0.39 is 21.1 Å². The third-order valence-electron chi connectivity index (χ3n) is 6.89. The van der Waals surface area contributed by atoms with Crippen LogP contribution in [-0.4, -0.2) is 61.9 Å². The number of sulfonamides is 1. The Morgan fingerprint density at radius 1 is 1.27 bits per heavy atom. The zero-order chi connectivity index (χ0) is 22.8. The Bertz CT molecular complexity index is 1400. The van der Waals surface area contributed by atoms with E-state index in [0.717, 1.165) is 24.1 Å². The molecule has 6 rings (SSSR count). The fraction of sp³-hybridized carbons (Fsp3) is 0.476. The summed E-state index contributed by atoms with van der Waals surface area (Å²) in [6, 6.07) is 7.83. The lowest BCUT2D eigenvalue weighted by Gasteiger charge is -2.48. The van der Waals surface area contributed by atoms with Crippen LogP contribution < -0.4 is 5.32 Å². The first kappa shape index (κ1) is 20.3. The molecule has 170 valence electrons. The van der Waals surface area contributed by atoms with Gasteiger partial charge in [-0.1, -0.05) is 6.07 Å². The van der Waals surface area contributed by atoms with Gasteiger partial charge in [-0.3, -0.25) is 9.48 Å². The molecule has 3 aromatic rings. The van der Waals surface area contributed by atoms with E-state index in [2.05, 4.69) is 26.6 Å². The van der Waals surface area contributed by atoms with Gasteiger partial charge in [-0.25, -0.2) is 17.9 Å². The number of pyridine rings is 1. The third kappa shape index (κ3) is 3.07. The van der Waals surface area contributed by atoms with E-state index in [1.807, 2.05) is 24.4 Å². The summed E-state index contributed by atoms with van der Waals surface area (Å²) in [6.45, 7) is 0.496. The second-order valence-electron chi connectivity index (χ2n) is 9.21. The van der Waals surface area contributed by atoms with Crippen LogP contribution >= 0.6 is 0 Å². The Morgan fingerprint density at radius 2 is 2.06 bits per heavy atom. The van der Waals surface area contributed by atoms with Gasteiger partial charge in [0, 0.05) is 24.8 Å². The molecular formula is C21H22N8O3S. The van der Waals surface area contributed by atoms with E-state index >= 15 is 0 Å². The van der Waals surface area contributed by atoms with Crippen molar-refractivity contribution in [3.8, 4) is 17.3 Å². The average molecular weight is 467 g/mol. The van der Waals surface area contributed by atoms with Crippen LogP contribution in [0.4, 0.5) is 0 Å². The molecule has 0 aromatic carbocycles. The largest absolute Gasteiger partial charge is 0.346 e. The highest BCUT2D eigenvalue weighted by Crippen LogP contribution is 2.44. The maximum absolute atomic E-state index is 12.6. The number of aromatic nitrogens is 5. The summed E-state index contributed by atoms with van der Waals surface area (Å²) in [4.78, 5) is 15.6.